The van der Waals surface area contributed by atoms with Crippen molar-refractivity contribution in [2.75, 3.05) is 13.7 Å². The second-order valence-electron chi connectivity index (χ2n) is 4.07. The normalized spacial score (nSPS) is 16.2. The molecule has 3 atom stereocenters. The van der Waals surface area contributed by atoms with E-state index in [0.29, 0.717) is 13.0 Å². The molecular weight excluding hydrogens is 210 g/mol. The Kier molecular flexibility index (Phi) is 6.72. The summed E-state index contributed by atoms with van der Waals surface area (Å²) in [7, 11) is 1.51. The van der Waals surface area contributed by atoms with Gasteiger partial charge in [0, 0.05) is 7.11 Å². The van der Waals surface area contributed by atoms with Crippen molar-refractivity contribution in [2.24, 2.45) is 11.8 Å². The molecule has 2 N–H and O–H groups in total. The Hall–Kier alpha value is -1.10. The first-order valence-electron chi connectivity index (χ1n) is 5.46. The van der Waals surface area contributed by atoms with Crippen molar-refractivity contribution in [1.29, 1.82) is 0 Å². The van der Waals surface area contributed by atoms with Gasteiger partial charge < -0.3 is 15.2 Å². The third kappa shape index (κ3) is 4.61. The van der Waals surface area contributed by atoms with Crippen LogP contribution in [0.5, 0.6) is 0 Å². The SMILES string of the molecule is CC[C@H](C)[C@H](NC(=O)C(C)COC)C(=O)O. The second-order valence-corrected chi connectivity index (χ2v) is 4.07. The highest BCUT2D eigenvalue weighted by atomic mass is 16.5. The summed E-state index contributed by atoms with van der Waals surface area (Å²) in [5, 5.41) is 11.5. The van der Waals surface area contributed by atoms with Gasteiger partial charge in [-0.1, -0.05) is 27.2 Å². The van der Waals surface area contributed by atoms with Crippen LogP contribution in [0.1, 0.15) is 27.2 Å². The number of carbonyl (C=O) groups is 2. The molecule has 0 aromatic rings. The number of carboxylic acids is 1. The number of carboxylic acid groups (broad SMARTS) is 1. The van der Waals surface area contributed by atoms with Gasteiger partial charge in [-0.3, -0.25) is 4.79 Å². The Morgan fingerprint density at radius 3 is 2.31 bits per heavy atom. The number of hydrogen-bond acceptors (Lipinski definition) is 3. The summed E-state index contributed by atoms with van der Waals surface area (Å²) < 4.78 is 4.85. The summed E-state index contributed by atoms with van der Waals surface area (Å²) in [4.78, 5) is 22.6. The highest BCUT2D eigenvalue weighted by Crippen LogP contribution is 2.09. The molecule has 0 bridgehead atoms. The van der Waals surface area contributed by atoms with Crippen LogP contribution in [0.3, 0.4) is 0 Å². The van der Waals surface area contributed by atoms with Gasteiger partial charge in [0.25, 0.3) is 0 Å². The zero-order chi connectivity index (χ0) is 12.7. The summed E-state index contributed by atoms with van der Waals surface area (Å²) in [5.74, 6) is -1.70. The molecule has 0 fully saturated rings. The maximum absolute atomic E-state index is 11.6. The molecule has 0 radical (unpaired) electrons. The van der Waals surface area contributed by atoms with Gasteiger partial charge in [-0.05, 0) is 5.92 Å². The number of methoxy groups -OCH3 is 1. The molecule has 0 aliphatic heterocycles. The lowest BCUT2D eigenvalue weighted by atomic mass is 9.98. The van der Waals surface area contributed by atoms with Crippen molar-refractivity contribution >= 4 is 11.9 Å². The number of rotatable bonds is 7. The molecule has 5 heteroatoms. The highest BCUT2D eigenvalue weighted by Gasteiger charge is 2.26. The molecule has 0 spiro atoms. The molecule has 1 unspecified atom stereocenters. The Morgan fingerprint density at radius 1 is 1.38 bits per heavy atom. The number of aliphatic carboxylic acids is 1. The minimum absolute atomic E-state index is 0.0869. The van der Waals surface area contributed by atoms with Crippen molar-refractivity contribution in [3.63, 3.8) is 0 Å². The van der Waals surface area contributed by atoms with Crippen LogP contribution in [-0.2, 0) is 14.3 Å². The Morgan fingerprint density at radius 2 is 1.94 bits per heavy atom. The van der Waals surface area contributed by atoms with Gasteiger partial charge in [0.2, 0.25) is 5.91 Å². The molecule has 0 rings (SSSR count). The third-order valence-electron chi connectivity index (χ3n) is 2.64. The number of nitrogens with one attached hydrogen (secondary N) is 1. The van der Waals surface area contributed by atoms with Crippen molar-refractivity contribution in [2.45, 2.75) is 33.2 Å². The first-order valence-corrected chi connectivity index (χ1v) is 5.46. The van der Waals surface area contributed by atoms with Crippen LogP contribution < -0.4 is 5.32 Å². The summed E-state index contributed by atoms with van der Waals surface area (Å²) in [5.41, 5.74) is 0. The standard InChI is InChI=1S/C11H21NO4/c1-5-7(2)9(11(14)15)12-10(13)8(3)6-16-4/h7-9H,5-6H2,1-4H3,(H,12,13)(H,14,15)/t7-,8?,9-/m0/s1. The van der Waals surface area contributed by atoms with Gasteiger partial charge in [0.15, 0.2) is 0 Å². The predicted octanol–water partition coefficient (Wildman–Crippen LogP) is 0.884. The van der Waals surface area contributed by atoms with E-state index in [4.69, 9.17) is 9.84 Å². The summed E-state index contributed by atoms with van der Waals surface area (Å²) in [6.07, 6.45) is 0.704. The Bertz CT molecular complexity index is 242. The summed E-state index contributed by atoms with van der Waals surface area (Å²) >= 11 is 0. The van der Waals surface area contributed by atoms with Gasteiger partial charge in [-0.25, -0.2) is 4.79 Å². The van der Waals surface area contributed by atoms with Crippen molar-refractivity contribution in [1.82, 2.24) is 5.32 Å². The fourth-order valence-electron chi connectivity index (χ4n) is 1.30. The maximum atomic E-state index is 11.6. The van der Waals surface area contributed by atoms with Crippen molar-refractivity contribution in [3.8, 4) is 0 Å². The number of ether oxygens (including phenoxy) is 1. The van der Waals surface area contributed by atoms with Gasteiger partial charge in [-0.15, -0.1) is 0 Å². The molecule has 5 nitrogen and oxygen atoms in total. The van der Waals surface area contributed by atoms with Crippen molar-refractivity contribution < 1.29 is 19.4 Å². The fraction of sp³-hybridized carbons (Fsp3) is 0.818. The molecule has 0 aromatic heterocycles. The van der Waals surface area contributed by atoms with E-state index in [2.05, 4.69) is 5.32 Å². The molecule has 0 saturated carbocycles. The number of hydrogen-bond donors (Lipinski definition) is 2. The molecule has 0 saturated heterocycles. The largest absolute Gasteiger partial charge is 0.480 e. The minimum atomic E-state index is -0.993. The van der Waals surface area contributed by atoms with E-state index in [1.165, 1.54) is 7.11 Å². The molecule has 94 valence electrons. The van der Waals surface area contributed by atoms with Crippen LogP contribution in [-0.4, -0.2) is 36.7 Å². The summed E-state index contributed by atoms with van der Waals surface area (Å²) in [6, 6.07) is -0.822. The monoisotopic (exact) mass is 231 g/mol. The topological polar surface area (TPSA) is 75.6 Å². The van der Waals surface area contributed by atoms with Gasteiger partial charge in [0.1, 0.15) is 6.04 Å². The first kappa shape index (κ1) is 14.9. The second kappa shape index (κ2) is 7.22. The van der Waals surface area contributed by atoms with Crippen LogP contribution in [0.15, 0.2) is 0 Å². The van der Waals surface area contributed by atoms with Crippen LogP contribution >= 0.6 is 0 Å². The summed E-state index contributed by atoms with van der Waals surface area (Å²) in [6.45, 7) is 5.69. The van der Waals surface area contributed by atoms with Gasteiger partial charge in [-0.2, -0.15) is 0 Å². The molecule has 0 aliphatic carbocycles. The van der Waals surface area contributed by atoms with Crippen molar-refractivity contribution in [3.05, 3.63) is 0 Å². The van der Waals surface area contributed by atoms with E-state index in [0.717, 1.165) is 0 Å². The van der Waals surface area contributed by atoms with E-state index in [1.54, 1.807) is 13.8 Å². The Labute approximate surface area is 96.2 Å². The molecule has 1 amide bonds. The van der Waals surface area contributed by atoms with E-state index in [-0.39, 0.29) is 17.7 Å². The molecule has 0 aliphatic rings. The van der Waals surface area contributed by atoms with Crippen LogP contribution in [0.2, 0.25) is 0 Å². The average molecular weight is 231 g/mol. The fourth-order valence-corrected chi connectivity index (χ4v) is 1.30. The third-order valence-corrected chi connectivity index (χ3v) is 2.64. The molecule has 0 heterocycles. The smallest absolute Gasteiger partial charge is 0.326 e. The van der Waals surface area contributed by atoms with Crippen LogP contribution in [0.25, 0.3) is 0 Å². The lowest BCUT2D eigenvalue weighted by Crippen LogP contribution is -2.47. The van der Waals surface area contributed by atoms with E-state index >= 15 is 0 Å². The predicted molar refractivity (Wildman–Crippen MR) is 60.1 cm³/mol. The average Bonchev–Trinajstić information content (AvgIpc) is 2.24. The molecular formula is C11H21NO4. The first-order chi connectivity index (χ1) is 7.43. The van der Waals surface area contributed by atoms with Crippen LogP contribution in [0.4, 0.5) is 0 Å². The van der Waals surface area contributed by atoms with E-state index < -0.39 is 12.0 Å². The quantitative estimate of drug-likeness (QED) is 0.682. The lowest BCUT2D eigenvalue weighted by molar-refractivity contribution is -0.144. The highest BCUT2D eigenvalue weighted by molar-refractivity contribution is 5.85. The minimum Gasteiger partial charge on any atom is -0.480 e. The molecule has 16 heavy (non-hydrogen) atoms. The lowest BCUT2D eigenvalue weighted by Gasteiger charge is -2.21. The maximum Gasteiger partial charge on any atom is 0.326 e. The molecule has 0 aromatic carbocycles. The number of carbonyl (C=O) groups excluding carboxylic acids is 1. The van der Waals surface area contributed by atoms with Gasteiger partial charge >= 0.3 is 5.97 Å². The van der Waals surface area contributed by atoms with E-state index in [1.807, 2.05) is 6.92 Å². The number of amides is 1. The zero-order valence-corrected chi connectivity index (χ0v) is 10.3. The van der Waals surface area contributed by atoms with Gasteiger partial charge in [0.05, 0.1) is 12.5 Å². The van der Waals surface area contributed by atoms with Crippen LogP contribution in [0, 0.1) is 11.8 Å². The zero-order valence-electron chi connectivity index (χ0n) is 10.3. The van der Waals surface area contributed by atoms with E-state index in [9.17, 15) is 9.59 Å². The Balaban J connectivity index is 4.40.